The zero-order chi connectivity index (χ0) is 11.9. The van der Waals surface area contributed by atoms with E-state index in [9.17, 15) is 9.59 Å². The van der Waals surface area contributed by atoms with E-state index in [0.29, 0.717) is 0 Å². The van der Waals surface area contributed by atoms with Gasteiger partial charge in [0.2, 0.25) is 5.76 Å². The average Bonchev–Trinajstić information content (AvgIpc) is 2.19. The van der Waals surface area contributed by atoms with Gasteiger partial charge in [-0.05, 0) is 12.1 Å². The van der Waals surface area contributed by atoms with Gasteiger partial charge in [0.15, 0.2) is 11.0 Å². The van der Waals surface area contributed by atoms with Crippen molar-refractivity contribution in [3.05, 3.63) is 44.2 Å². The first kappa shape index (κ1) is 11.0. The molecule has 1 aromatic carbocycles. The lowest BCUT2D eigenvalue weighted by atomic mass is 10.2. The van der Waals surface area contributed by atoms with Crippen molar-refractivity contribution in [2.45, 2.75) is 0 Å². The Bertz CT molecular complexity index is 645. The van der Waals surface area contributed by atoms with Gasteiger partial charge in [0.1, 0.15) is 0 Å². The first-order valence-corrected chi connectivity index (χ1v) is 4.91. The molecule has 0 amide bonds. The van der Waals surface area contributed by atoms with Crippen molar-refractivity contribution in [3.8, 4) is 0 Å². The number of hydrogen-bond acceptors (Lipinski definition) is 3. The van der Waals surface area contributed by atoms with Crippen LogP contribution in [0.1, 0.15) is 10.6 Å². The molecule has 82 valence electrons. The molecular formula is C10H4Cl2O4. The molecule has 2 aromatic rings. The number of fused-ring (bicyclic) bond motifs is 1. The summed E-state index contributed by atoms with van der Waals surface area (Å²) in [7, 11) is 0. The number of hydrogen-bond donors (Lipinski definition) is 1. The molecule has 1 heterocycles. The Morgan fingerprint density at radius 3 is 2.56 bits per heavy atom. The number of carbonyl (C=O) groups is 1. The summed E-state index contributed by atoms with van der Waals surface area (Å²) in [5.41, 5.74) is -0.473. The van der Waals surface area contributed by atoms with Gasteiger partial charge in [-0.2, -0.15) is 0 Å². The van der Waals surface area contributed by atoms with Gasteiger partial charge in [-0.3, -0.25) is 4.79 Å². The van der Waals surface area contributed by atoms with Gasteiger partial charge in [0.05, 0.1) is 10.4 Å². The number of benzene rings is 1. The van der Waals surface area contributed by atoms with Crippen LogP contribution in [0.3, 0.4) is 0 Å². The smallest absolute Gasteiger partial charge is 0.371 e. The molecule has 0 saturated heterocycles. The second kappa shape index (κ2) is 3.81. The third-order valence-corrected chi connectivity index (χ3v) is 2.46. The lowest BCUT2D eigenvalue weighted by Crippen LogP contribution is -2.06. The van der Waals surface area contributed by atoms with E-state index in [2.05, 4.69) is 0 Å². The lowest BCUT2D eigenvalue weighted by molar-refractivity contribution is 0.0663. The first-order chi connectivity index (χ1) is 7.49. The largest absolute Gasteiger partial charge is 0.475 e. The van der Waals surface area contributed by atoms with E-state index in [1.54, 1.807) is 0 Å². The third kappa shape index (κ3) is 1.77. The number of carboxylic acid groups (broad SMARTS) is 1. The van der Waals surface area contributed by atoms with Gasteiger partial charge in [-0.15, -0.1) is 0 Å². The van der Waals surface area contributed by atoms with Gasteiger partial charge in [0.25, 0.3) is 0 Å². The zero-order valence-corrected chi connectivity index (χ0v) is 9.17. The molecule has 0 saturated carbocycles. The van der Waals surface area contributed by atoms with E-state index < -0.39 is 17.2 Å². The molecule has 0 atom stereocenters. The van der Waals surface area contributed by atoms with Crippen LogP contribution in [0.2, 0.25) is 10.0 Å². The molecule has 1 N–H and O–H groups in total. The summed E-state index contributed by atoms with van der Waals surface area (Å²) in [4.78, 5) is 22.2. The maximum Gasteiger partial charge on any atom is 0.371 e. The van der Waals surface area contributed by atoms with Crippen LogP contribution in [0, 0.1) is 0 Å². The fourth-order valence-electron chi connectivity index (χ4n) is 1.29. The highest BCUT2D eigenvalue weighted by molar-refractivity contribution is 6.38. The second-order valence-electron chi connectivity index (χ2n) is 3.04. The Morgan fingerprint density at radius 2 is 1.94 bits per heavy atom. The molecule has 0 aliphatic rings. The molecule has 2 rings (SSSR count). The molecule has 1 aromatic heterocycles. The van der Waals surface area contributed by atoms with Crippen molar-refractivity contribution in [2.24, 2.45) is 0 Å². The summed E-state index contributed by atoms with van der Waals surface area (Å²) in [5, 5.41) is 9.25. The van der Waals surface area contributed by atoms with Crippen LogP contribution in [0.25, 0.3) is 11.0 Å². The SMILES string of the molecule is O=C(O)c1cc(=O)c2cc(Cl)cc(Cl)c2o1. The van der Waals surface area contributed by atoms with E-state index in [4.69, 9.17) is 32.7 Å². The Labute approximate surface area is 99.0 Å². The van der Waals surface area contributed by atoms with Crippen molar-refractivity contribution >= 4 is 40.1 Å². The Kier molecular flexibility index (Phi) is 2.61. The highest BCUT2D eigenvalue weighted by Gasteiger charge is 2.13. The van der Waals surface area contributed by atoms with Crippen molar-refractivity contribution in [2.75, 3.05) is 0 Å². The van der Waals surface area contributed by atoms with E-state index in [1.165, 1.54) is 12.1 Å². The van der Waals surface area contributed by atoms with Crippen molar-refractivity contribution in [3.63, 3.8) is 0 Å². The standard InChI is InChI=1S/C10H4Cl2O4/c11-4-1-5-7(13)3-8(10(14)15)16-9(5)6(12)2-4/h1-3H,(H,14,15). The number of halogens is 2. The molecule has 6 heteroatoms. The normalized spacial score (nSPS) is 10.6. The molecule has 0 fully saturated rings. The van der Waals surface area contributed by atoms with Gasteiger partial charge in [0, 0.05) is 11.1 Å². The number of rotatable bonds is 1. The molecular weight excluding hydrogens is 255 g/mol. The van der Waals surface area contributed by atoms with Crippen LogP contribution >= 0.6 is 23.2 Å². The Morgan fingerprint density at radius 1 is 1.25 bits per heavy atom. The van der Waals surface area contributed by atoms with E-state index in [0.717, 1.165) is 6.07 Å². The average molecular weight is 259 g/mol. The van der Waals surface area contributed by atoms with Gasteiger partial charge in [-0.1, -0.05) is 23.2 Å². The quantitative estimate of drug-likeness (QED) is 0.854. The minimum atomic E-state index is -1.33. The minimum absolute atomic E-state index is 0.0240. The van der Waals surface area contributed by atoms with Crippen molar-refractivity contribution in [1.82, 2.24) is 0 Å². The topological polar surface area (TPSA) is 67.5 Å². The molecule has 0 bridgehead atoms. The van der Waals surface area contributed by atoms with Gasteiger partial charge < -0.3 is 9.52 Å². The third-order valence-electron chi connectivity index (χ3n) is 1.96. The summed E-state index contributed by atoms with van der Waals surface area (Å²) in [5.74, 6) is -1.79. The minimum Gasteiger partial charge on any atom is -0.475 e. The van der Waals surface area contributed by atoms with Crippen LogP contribution in [0.5, 0.6) is 0 Å². The summed E-state index contributed by atoms with van der Waals surface area (Å²) >= 11 is 11.5. The van der Waals surface area contributed by atoms with Gasteiger partial charge in [-0.25, -0.2) is 4.79 Å². The highest BCUT2D eigenvalue weighted by atomic mass is 35.5. The van der Waals surface area contributed by atoms with Gasteiger partial charge >= 0.3 is 5.97 Å². The monoisotopic (exact) mass is 258 g/mol. The maximum atomic E-state index is 11.6. The maximum absolute atomic E-state index is 11.6. The molecule has 0 aliphatic heterocycles. The second-order valence-corrected chi connectivity index (χ2v) is 3.89. The fraction of sp³-hybridized carbons (Fsp3) is 0. The van der Waals surface area contributed by atoms with Crippen molar-refractivity contribution < 1.29 is 14.3 Å². The summed E-state index contributed by atoms with van der Waals surface area (Å²) in [6.07, 6.45) is 0. The number of carboxylic acids is 1. The zero-order valence-electron chi connectivity index (χ0n) is 7.66. The van der Waals surface area contributed by atoms with Crippen LogP contribution < -0.4 is 5.43 Å². The number of aromatic carboxylic acids is 1. The summed E-state index contributed by atoms with van der Waals surface area (Å²) in [6, 6.07) is 3.64. The predicted octanol–water partition coefficient (Wildman–Crippen LogP) is 2.80. The molecule has 0 unspecified atom stereocenters. The molecule has 4 nitrogen and oxygen atoms in total. The van der Waals surface area contributed by atoms with Crippen LogP contribution in [0.4, 0.5) is 0 Å². The summed E-state index contributed by atoms with van der Waals surface area (Å²) < 4.78 is 5.00. The molecule has 0 radical (unpaired) electrons. The van der Waals surface area contributed by atoms with Crippen LogP contribution in [0.15, 0.2) is 27.4 Å². The highest BCUT2D eigenvalue weighted by Crippen LogP contribution is 2.26. The lowest BCUT2D eigenvalue weighted by Gasteiger charge is -2.01. The Balaban J connectivity index is 2.93. The molecule has 16 heavy (non-hydrogen) atoms. The van der Waals surface area contributed by atoms with E-state index in [-0.39, 0.29) is 21.0 Å². The predicted molar refractivity (Wildman–Crippen MR) is 59.5 cm³/mol. The molecule has 0 aliphatic carbocycles. The van der Waals surface area contributed by atoms with Crippen LogP contribution in [-0.4, -0.2) is 11.1 Å². The van der Waals surface area contributed by atoms with Crippen LogP contribution in [-0.2, 0) is 0 Å². The van der Waals surface area contributed by atoms with E-state index >= 15 is 0 Å². The Hall–Kier alpha value is -1.52. The van der Waals surface area contributed by atoms with E-state index in [1.807, 2.05) is 0 Å². The van der Waals surface area contributed by atoms with Crippen molar-refractivity contribution in [1.29, 1.82) is 0 Å². The summed E-state index contributed by atoms with van der Waals surface area (Å²) in [6.45, 7) is 0. The first-order valence-electron chi connectivity index (χ1n) is 4.15. The molecule has 0 spiro atoms. The fourth-order valence-corrected chi connectivity index (χ4v) is 1.82.